The third kappa shape index (κ3) is 4.08. The number of aliphatic hydroxyl groups excluding tert-OH is 1. The summed E-state index contributed by atoms with van der Waals surface area (Å²) in [4.78, 5) is 13.3. The summed E-state index contributed by atoms with van der Waals surface area (Å²) < 4.78 is 5.12. The standard InChI is InChI=1S/C11H21NO3/c1-2-3-7-15-11(14)12-6-4-5-10(8-12)9-13/h10,13H,2-9H2,1H3/t10-/m0/s1. The summed E-state index contributed by atoms with van der Waals surface area (Å²) in [5, 5.41) is 9.03. The van der Waals surface area contributed by atoms with Gasteiger partial charge in [0, 0.05) is 19.7 Å². The van der Waals surface area contributed by atoms with Crippen LogP contribution in [0, 0.1) is 5.92 Å². The number of aliphatic hydroxyl groups is 1. The third-order valence-electron chi connectivity index (χ3n) is 2.76. The lowest BCUT2D eigenvalue weighted by molar-refractivity contribution is 0.0722. The number of carbonyl (C=O) groups is 1. The van der Waals surface area contributed by atoms with Crippen LogP contribution in [0.5, 0.6) is 0 Å². The molecular formula is C11H21NO3. The van der Waals surface area contributed by atoms with Crippen LogP contribution in [0.3, 0.4) is 0 Å². The lowest BCUT2D eigenvalue weighted by Crippen LogP contribution is -2.41. The Hall–Kier alpha value is -0.770. The Balaban J connectivity index is 2.25. The van der Waals surface area contributed by atoms with Crippen LogP contribution in [0.15, 0.2) is 0 Å². The quantitative estimate of drug-likeness (QED) is 0.725. The second kappa shape index (κ2) is 6.67. The molecule has 1 N–H and O–H groups in total. The van der Waals surface area contributed by atoms with Gasteiger partial charge >= 0.3 is 6.09 Å². The van der Waals surface area contributed by atoms with Gasteiger partial charge in [0.15, 0.2) is 0 Å². The minimum atomic E-state index is -0.221. The highest BCUT2D eigenvalue weighted by Crippen LogP contribution is 2.16. The minimum absolute atomic E-state index is 0.165. The molecule has 4 nitrogen and oxygen atoms in total. The first-order valence-corrected chi connectivity index (χ1v) is 5.80. The van der Waals surface area contributed by atoms with Crippen LogP contribution in [-0.2, 0) is 4.74 Å². The van der Waals surface area contributed by atoms with E-state index in [1.54, 1.807) is 4.90 Å². The van der Waals surface area contributed by atoms with E-state index in [0.29, 0.717) is 13.2 Å². The average molecular weight is 215 g/mol. The fourth-order valence-electron chi connectivity index (χ4n) is 1.78. The maximum absolute atomic E-state index is 11.6. The molecule has 1 fully saturated rings. The fraction of sp³-hybridized carbons (Fsp3) is 0.909. The van der Waals surface area contributed by atoms with Crippen LogP contribution >= 0.6 is 0 Å². The Morgan fingerprint density at radius 1 is 1.60 bits per heavy atom. The van der Waals surface area contributed by atoms with Crippen molar-refractivity contribution >= 4 is 6.09 Å². The molecule has 0 saturated carbocycles. The van der Waals surface area contributed by atoms with Crippen molar-refractivity contribution in [1.82, 2.24) is 4.90 Å². The molecule has 15 heavy (non-hydrogen) atoms. The summed E-state index contributed by atoms with van der Waals surface area (Å²) in [5.41, 5.74) is 0. The summed E-state index contributed by atoms with van der Waals surface area (Å²) in [6.07, 6.45) is 3.71. The molecule has 1 heterocycles. The number of amides is 1. The van der Waals surface area contributed by atoms with Crippen molar-refractivity contribution in [3.05, 3.63) is 0 Å². The van der Waals surface area contributed by atoms with Gasteiger partial charge in [-0.1, -0.05) is 13.3 Å². The van der Waals surface area contributed by atoms with Crippen molar-refractivity contribution < 1.29 is 14.6 Å². The zero-order valence-electron chi connectivity index (χ0n) is 9.45. The van der Waals surface area contributed by atoms with Crippen molar-refractivity contribution in [3.8, 4) is 0 Å². The van der Waals surface area contributed by atoms with Gasteiger partial charge < -0.3 is 14.7 Å². The Kier molecular flexibility index (Phi) is 5.47. The molecule has 1 aliphatic rings. The highest BCUT2D eigenvalue weighted by atomic mass is 16.6. The number of hydrogen-bond acceptors (Lipinski definition) is 3. The van der Waals surface area contributed by atoms with E-state index in [0.717, 1.165) is 32.2 Å². The molecular weight excluding hydrogens is 194 g/mol. The van der Waals surface area contributed by atoms with Crippen molar-refractivity contribution in [1.29, 1.82) is 0 Å². The van der Waals surface area contributed by atoms with Crippen LogP contribution < -0.4 is 0 Å². The largest absolute Gasteiger partial charge is 0.449 e. The van der Waals surface area contributed by atoms with E-state index in [1.165, 1.54) is 0 Å². The zero-order valence-corrected chi connectivity index (χ0v) is 9.45. The van der Waals surface area contributed by atoms with Crippen LogP contribution in [0.4, 0.5) is 4.79 Å². The Morgan fingerprint density at radius 2 is 2.40 bits per heavy atom. The van der Waals surface area contributed by atoms with Crippen LogP contribution in [-0.4, -0.2) is 42.4 Å². The van der Waals surface area contributed by atoms with Crippen molar-refractivity contribution in [2.45, 2.75) is 32.6 Å². The van der Waals surface area contributed by atoms with Crippen LogP contribution in [0.2, 0.25) is 0 Å². The molecule has 1 rings (SSSR count). The Bertz CT molecular complexity index is 196. The number of likely N-dealkylation sites (tertiary alicyclic amines) is 1. The molecule has 0 bridgehead atoms. The SMILES string of the molecule is CCCCOC(=O)N1CCC[C@H](CO)C1. The minimum Gasteiger partial charge on any atom is -0.449 e. The average Bonchev–Trinajstić information content (AvgIpc) is 2.29. The molecule has 1 amide bonds. The Morgan fingerprint density at radius 3 is 3.07 bits per heavy atom. The first-order valence-electron chi connectivity index (χ1n) is 5.80. The Labute approximate surface area is 91.2 Å². The van der Waals surface area contributed by atoms with Gasteiger partial charge in [0.05, 0.1) is 6.61 Å². The third-order valence-corrected chi connectivity index (χ3v) is 2.76. The lowest BCUT2D eigenvalue weighted by atomic mass is 10.00. The molecule has 0 aliphatic carbocycles. The first-order chi connectivity index (χ1) is 7.27. The molecule has 1 saturated heterocycles. The number of carbonyl (C=O) groups excluding carboxylic acids is 1. The molecule has 0 aromatic carbocycles. The van der Waals surface area contributed by atoms with Gasteiger partial charge in [0.2, 0.25) is 0 Å². The topological polar surface area (TPSA) is 49.8 Å². The number of piperidine rings is 1. The van der Waals surface area contributed by atoms with E-state index >= 15 is 0 Å². The smallest absolute Gasteiger partial charge is 0.409 e. The lowest BCUT2D eigenvalue weighted by Gasteiger charge is -2.30. The number of hydrogen-bond donors (Lipinski definition) is 1. The highest BCUT2D eigenvalue weighted by Gasteiger charge is 2.23. The molecule has 4 heteroatoms. The molecule has 1 atom stereocenters. The summed E-state index contributed by atoms with van der Waals surface area (Å²) in [6.45, 7) is 4.15. The van der Waals surface area contributed by atoms with Crippen LogP contribution in [0.25, 0.3) is 0 Å². The zero-order chi connectivity index (χ0) is 11.1. The van der Waals surface area contributed by atoms with Crippen molar-refractivity contribution in [3.63, 3.8) is 0 Å². The van der Waals surface area contributed by atoms with Crippen molar-refractivity contribution in [2.24, 2.45) is 5.92 Å². The molecule has 0 radical (unpaired) electrons. The monoisotopic (exact) mass is 215 g/mol. The van der Waals surface area contributed by atoms with Gasteiger partial charge in [-0.2, -0.15) is 0 Å². The summed E-state index contributed by atoms with van der Waals surface area (Å²) in [6, 6.07) is 0. The van der Waals surface area contributed by atoms with E-state index in [-0.39, 0.29) is 18.6 Å². The highest BCUT2D eigenvalue weighted by molar-refractivity contribution is 5.67. The van der Waals surface area contributed by atoms with Gasteiger partial charge in [-0.3, -0.25) is 0 Å². The fourth-order valence-corrected chi connectivity index (χ4v) is 1.78. The first kappa shape index (κ1) is 12.3. The molecule has 1 aliphatic heterocycles. The predicted molar refractivity (Wildman–Crippen MR) is 57.6 cm³/mol. The van der Waals surface area contributed by atoms with Gasteiger partial charge in [0.25, 0.3) is 0 Å². The number of ether oxygens (including phenoxy) is 1. The molecule has 0 spiro atoms. The number of rotatable bonds is 4. The van der Waals surface area contributed by atoms with Gasteiger partial charge in [-0.05, 0) is 25.2 Å². The normalized spacial score (nSPS) is 21.5. The van der Waals surface area contributed by atoms with E-state index in [2.05, 4.69) is 6.92 Å². The molecule has 88 valence electrons. The number of nitrogens with zero attached hydrogens (tertiary/aromatic N) is 1. The van der Waals surface area contributed by atoms with E-state index in [9.17, 15) is 4.79 Å². The van der Waals surface area contributed by atoms with E-state index in [4.69, 9.17) is 9.84 Å². The number of unbranched alkanes of at least 4 members (excludes halogenated alkanes) is 1. The van der Waals surface area contributed by atoms with E-state index < -0.39 is 0 Å². The molecule has 0 unspecified atom stereocenters. The van der Waals surface area contributed by atoms with Gasteiger partial charge in [-0.15, -0.1) is 0 Å². The van der Waals surface area contributed by atoms with Crippen molar-refractivity contribution in [2.75, 3.05) is 26.3 Å². The second-order valence-electron chi connectivity index (χ2n) is 4.10. The second-order valence-corrected chi connectivity index (χ2v) is 4.10. The summed E-state index contributed by atoms with van der Waals surface area (Å²) in [7, 11) is 0. The molecule has 0 aromatic heterocycles. The summed E-state index contributed by atoms with van der Waals surface area (Å²) in [5.74, 6) is 0.234. The van der Waals surface area contributed by atoms with Crippen LogP contribution in [0.1, 0.15) is 32.6 Å². The van der Waals surface area contributed by atoms with Gasteiger partial charge in [-0.25, -0.2) is 4.79 Å². The predicted octanol–water partition coefficient (Wildman–Crippen LogP) is 1.63. The molecule has 0 aromatic rings. The maximum atomic E-state index is 11.6. The maximum Gasteiger partial charge on any atom is 0.409 e. The van der Waals surface area contributed by atoms with E-state index in [1.807, 2.05) is 0 Å². The van der Waals surface area contributed by atoms with Gasteiger partial charge in [0.1, 0.15) is 0 Å². The summed E-state index contributed by atoms with van der Waals surface area (Å²) >= 11 is 0.